The van der Waals surface area contributed by atoms with Gasteiger partial charge in [0.2, 0.25) is 5.91 Å². The molecule has 3 heterocycles. The number of thiazole rings is 1. The summed E-state index contributed by atoms with van der Waals surface area (Å²) < 4.78 is 5.78. The fourth-order valence-corrected chi connectivity index (χ4v) is 3.30. The number of hydrogen-bond acceptors (Lipinski definition) is 6. The summed E-state index contributed by atoms with van der Waals surface area (Å²) in [7, 11) is 0. The van der Waals surface area contributed by atoms with Crippen LogP contribution in [0.1, 0.15) is 34.0 Å². The van der Waals surface area contributed by atoms with Crippen LogP contribution in [0.5, 0.6) is 0 Å². The topological polar surface area (TPSA) is 68.2 Å². The summed E-state index contributed by atoms with van der Waals surface area (Å²) in [5.41, 5.74) is 2.66. The number of amides is 1. The Morgan fingerprint density at radius 2 is 2.04 bits per heavy atom. The van der Waals surface area contributed by atoms with Crippen LogP contribution in [0, 0.1) is 20.8 Å². The van der Waals surface area contributed by atoms with Gasteiger partial charge in [0.25, 0.3) is 0 Å². The molecule has 0 N–H and O–H groups in total. The van der Waals surface area contributed by atoms with E-state index in [-0.39, 0.29) is 12.0 Å². The number of rotatable bonds is 3. The van der Waals surface area contributed by atoms with E-state index < -0.39 is 0 Å². The van der Waals surface area contributed by atoms with Crippen molar-refractivity contribution in [2.45, 2.75) is 33.3 Å². The second-order valence-electron chi connectivity index (χ2n) is 5.74. The van der Waals surface area contributed by atoms with E-state index in [1.54, 1.807) is 11.3 Å². The SMILES string of the molecule is Cc1cc(C)nc(C2CN(C(=O)Cc3csc(C)n3)CCO2)n1. The van der Waals surface area contributed by atoms with Crippen molar-refractivity contribution in [1.29, 1.82) is 0 Å². The van der Waals surface area contributed by atoms with Gasteiger partial charge in [0.05, 0.1) is 30.3 Å². The van der Waals surface area contributed by atoms with E-state index in [1.165, 1.54) is 0 Å². The summed E-state index contributed by atoms with van der Waals surface area (Å²) in [5, 5.41) is 2.93. The Hall–Kier alpha value is -1.86. The molecule has 2 aromatic heterocycles. The number of morpholine rings is 1. The van der Waals surface area contributed by atoms with Crippen LogP contribution in [-0.4, -0.2) is 45.5 Å². The van der Waals surface area contributed by atoms with Crippen LogP contribution in [0.4, 0.5) is 0 Å². The molecule has 1 atom stereocenters. The van der Waals surface area contributed by atoms with Crippen molar-refractivity contribution in [3.63, 3.8) is 0 Å². The minimum Gasteiger partial charge on any atom is -0.367 e. The number of carbonyl (C=O) groups is 1. The van der Waals surface area contributed by atoms with Gasteiger partial charge in [-0.15, -0.1) is 11.3 Å². The standard InChI is InChI=1S/C16H20N4O2S/c1-10-6-11(2)18-16(17-10)14-8-20(4-5-22-14)15(21)7-13-9-23-12(3)19-13/h6,9,14H,4-5,7-8H2,1-3H3. The van der Waals surface area contributed by atoms with E-state index in [0.29, 0.717) is 31.9 Å². The van der Waals surface area contributed by atoms with Crippen LogP contribution in [0.2, 0.25) is 0 Å². The van der Waals surface area contributed by atoms with Gasteiger partial charge in [-0.05, 0) is 26.8 Å². The van der Waals surface area contributed by atoms with E-state index in [1.807, 2.05) is 37.1 Å². The molecular formula is C16H20N4O2S. The van der Waals surface area contributed by atoms with Gasteiger partial charge in [0, 0.05) is 23.3 Å². The third-order valence-electron chi connectivity index (χ3n) is 3.71. The smallest absolute Gasteiger partial charge is 0.228 e. The van der Waals surface area contributed by atoms with E-state index >= 15 is 0 Å². The van der Waals surface area contributed by atoms with Gasteiger partial charge in [-0.2, -0.15) is 0 Å². The molecule has 23 heavy (non-hydrogen) atoms. The molecule has 1 fully saturated rings. The third-order valence-corrected chi connectivity index (χ3v) is 4.53. The van der Waals surface area contributed by atoms with Crippen molar-refractivity contribution >= 4 is 17.2 Å². The average molecular weight is 332 g/mol. The summed E-state index contributed by atoms with van der Waals surface area (Å²) in [6, 6.07) is 1.93. The molecular weight excluding hydrogens is 312 g/mol. The first kappa shape index (κ1) is 16.0. The molecule has 0 saturated carbocycles. The maximum absolute atomic E-state index is 12.5. The Morgan fingerprint density at radius 3 is 2.70 bits per heavy atom. The molecule has 0 aliphatic carbocycles. The maximum atomic E-state index is 12.5. The van der Waals surface area contributed by atoms with Gasteiger partial charge in [-0.25, -0.2) is 15.0 Å². The maximum Gasteiger partial charge on any atom is 0.228 e. The highest BCUT2D eigenvalue weighted by Crippen LogP contribution is 2.21. The third kappa shape index (κ3) is 3.92. The monoisotopic (exact) mass is 332 g/mol. The van der Waals surface area contributed by atoms with Crippen LogP contribution in [0.15, 0.2) is 11.4 Å². The van der Waals surface area contributed by atoms with Crippen molar-refractivity contribution in [3.8, 4) is 0 Å². The largest absolute Gasteiger partial charge is 0.367 e. The lowest BCUT2D eigenvalue weighted by atomic mass is 10.2. The molecule has 0 spiro atoms. The van der Waals surface area contributed by atoms with E-state index in [2.05, 4.69) is 15.0 Å². The van der Waals surface area contributed by atoms with Gasteiger partial charge in [0.15, 0.2) is 5.82 Å². The Bertz CT molecular complexity index is 696. The molecule has 2 aromatic rings. The van der Waals surface area contributed by atoms with Crippen LogP contribution in [0.3, 0.4) is 0 Å². The van der Waals surface area contributed by atoms with Crippen LogP contribution < -0.4 is 0 Å². The summed E-state index contributed by atoms with van der Waals surface area (Å²) in [4.78, 5) is 27.6. The van der Waals surface area contributed by atoms with Crippen molar-refractivity contribution in [2.75, 3.05) is 19.7 Å². The molecule has 1 aliphatic rings. The molecule has 122 valence electrons. The summed E-state index contributed by atoms with van der Waals surface area (Å²) in [6.07, 6.45) is 0.0774. The summed E-state index contributed by atoms with van der Waals surface area (Å²) in [5.74, 6) is 0.734. The number of aromatic nitrogens is 3. The number of nitrogens with zero attached hydrogens (tertiary/aromatic N) is 4. The average Bonchev–Trinajstić information content (AvgIpc) is 2.91. The Balaban J connectivity index is 1.69. The predicted octanol–water partition coefficient (Wildman–Crippen LogP) is 2.00. The highest BCUT2D eigenvalue weighted by molar-refractivity contribution is 7.09. The summed E-state index contributed by atoms with van der Waals surface area (Å²) in [6.45, 7) is 7.42. The molecule has 1 amide bonds. The molecule has 7 heteroatoms. The molecule has 6 nitrogen and oxygen atoms in total. The molecule has 3 rings (SSSR count). The molecule has 0 bridgehead atoms. The molecule has 1 saturated heterocycles. The van der Waals surface area contributed by atoms with E-state index in [4.69, 9.17) is 4.74 Å². The van der Waals surface area contributed by atoms with Gasteiger partial charge in [0.1, 0.15) is 6.10 Å². The first-order valence-corrected chi connectivity index (χ1v) is 8.52. The Labute approximate surface area is 139 Å². The highest BCUT2D eigenvalue weighted by Gasteiger charge is 2.27. The van der Waals surface area contributed by atoms with E-state index in [9.17, 15) is 4.79 Å². The first-order valence-electron chi connectivity index (χ1n) is 7.64. The van der Waals surface area contributed by atoms with E-state index in [0.717, 1.165) is 22.1 Å². The van der Waals surface area contributed by atoms with Gasteiger partial charge in [-0.3, -0.25) is 4.79 Å². The first-order chi connectivity index (χ1) is 11.0. The van der Waals surface area contributed by atoms with Gasteiger partial charge in [-0.1, -0.05) is 0 Å². The summed E-state index contributed by atoms with van der Waals surface area (Å²) >= 11 is 1.57. The lowest BCUT2D eigenvalue weighted by Gasteiger charge is -2.32. The zero-order chi connectivity index (χ0) is 16.4. The van der Waals surface area contributed by atoms with Crippen molar-refractivity contribution in [3.05, 3.63) is 39.4 Å². The zero-order valence-corrected chi connectivity index (χ0v) is 14.4. The molecule has 0 radical (unpaired) electrons. The molecule has 1 aliphatic heterocycles. The number of aryl methyl sites for hydroxylation is 3. The van der Waals surface area contributed by atoms with Crippen LogP contribution >= 0.6 is 11.3 Å². The number of ether oxygens (including phenoxy) is 1. The van der Waals surface area contributed by atoms with Crippen molar-refractivity contribution in [1.82, 2.24) is 19.9 Å². The highest BCUT2D eigenvalue weighted by atomic mass is 32.1. The minimum atomic E-state index is -0.261. The predicted molar refractivity (Wildman–Crippen MR) is 87.3 cm³/mol. The van der Waals surface area contributed by atoms with Gasteiger partial charge < -0.3 is 9.64 Å². The second-order valence-corrected chi connectivity index (χ2v) is 6.80. The Morgan fingerprint density at radius 1 is 1.30 bits per heavy atom. The quantitative estimate of drug-likeness (QED) is 0.860. The number of hydrogen-bond donors (Lipinski definition) is 0. The number of carbonyl (C=O) groups excluding carboxylic acids is 1. The second kappa shape index (κ2) is 6.72. The van der Waals surface area contributed by atoms with Gasteiger partial charge >= 0.3 is 0 Å². The minimum absolute atomic E-state index is 0.0768. The fourth-order valence-electron chi connectivity index (χ4n) is 2.69. The molecule has 0 aromatic carbocycles. The fraction of sp³-hybridized carbons (Fsp3) is 0.500. The van der Waals surface area contributed by atoms with Crippen LogP contribution in [-0.2, 0) is 16.0 Å². The van der Waals surface area contributed by atoms with Crippen LogP contribution in [0.25, 0.3) is 0 Å². The Kier molecular flexibility index (Phi) is 4.68. The lowest BCUT2D eigenvalue weighted by Crippen LogP contribution is -2.43. The normalized spacial score (nSPS) is 18.2. The van der Waals surface area contributed by atoms with Crippen molar-refractivity contribution < 1.29 is 9.53 Å². The molecule has 1 unspecified atom stereocenters. The lowest BCUT2D eigenvalue weighted by molar-refractivity contribution is -0.138. The zero-order valence-electron chi connectivity index (χ0n) is 13.6. The van der Waals surface area contributed by atoms with Crippen molar-refractivity contribution in [2.24, 2.45) is 0 Å².